The normalized spacial score (nSPS) is 13.6. The van der Waals surface area contributed by atoms with Gasteiger partial charge in [-0.3, -0.25) is 4.79 Å². The number of aromatic nitrogens is 1. The Morgan fingerprint density at radius 3 is 3.00 bits per heavy atom. The number of anilines is 1. The van der Waals surface area contributed by atoms with Crippen LogP contribution in [0.1, 0.15) is 16.1 Å². The summed E-state index contributed by atoms with van der Waals surface area (Å²) in [4.78, 5) is 12.0. The number of halogens is 2. The topological polar surface area (TPSA) is 34.0 Å². The summed E-state index contributed by atoms with van der Waals surface area (Å²) < 4.78 is 2.80. The van der Waals surface area contributed by atoms with Crippen molar-refractivity contribution in [3.8, 4) is 0 Å². The molecule has 5 heteroatoms. The maximum atomic E-state index is 12.0. The van der Waals surface area contributed by atoms with Gasteiger partial charge in [-0.1, -0.05) is 11.6 Å². The summed E-state index contributed by atoms with van der Waals surface area (Å²) in [5, 5.41) is 3.55. The van der Waals surface area contributed by atoms with E-state index in [9.17, 15) is 4.79 Å². The zero-order valence-corrected chi connectivity index (χ0v) is 11.0. The molecule has 1 N–H and O–H groups in total. The largest absolute Gasteiger partial charge is 0.338 e. The highest BCUT2D eigenvalue weighted by atomic mass is 79.9. The van der Waals surface area contributed by atoms with E-state index in [1.165, 1.54) is 0 Å². The Morgan fingerprint density at radius 1 is 1.35 bits per heavy atom. The molecule has 1 aromatic carbocycles. The van der Waals surface area contributed by atoms with E-state index in [1.807, 2.05) is 29.0 Å². The van der Waals surface area contributed by atoms with Crippen LogP contribution in [-0.4, -0.2) is 10.5 Å². The van der Waals surface area contributed by atoms with Crippen LogP contribution in [0.4, 0.5) is 5.69 Å². The Morgan fingerprint density at radius 2 is 2.18 bits per heavy atom. The van der Waals surface area contributed by atoms with Gasteiger partial charge in [-0.15, -0.1) is 0 Å². The molecule has 86 valence electrons. The Bertz CT molecular complexity index is 621. The highest BCUT2D eigenvalue weighted by molar-refractivity contribution is 9.10. The van der Waals surface area contributed by atoms with Gasteiger partial charge >= 0.3 is 0 Å². The van der Waals surface area contributed by atoms with Gasteiger partial charge in [0.1, 0.15) is 5.69 Å². The van der Waals surface area contributed by atoms with Crippen LogP contribution in [0, 0.1) is 0 Å². The molecule has 17 heavy (non-hydrogen) atoms. The number of nitrogens with one attached hydrogen (secondary N) is 1. The second-order valence-corrected chi connectivity index (χ2v) is 5.28. The van der Waals surface area contributed by atoms with Crippen LogP contribution in [0.25, 0.3) is 0 Å². The van der Waals surface area contributed by atoms with Crippen LogP contribution in [0.5, 0.6) is 0 Å². The molecule has 0 spiro atoms. The van der Waals surface area contributed by atoms with Gasteiger partial charge in [0.25, 0.3) is 5.91 Å². The van der Waals surface area contributed by atoms with E-state index in [2.05, 4.69) is 21.2 Å². The van der Waals surface area contributed by atoms with Crippen molar-refractivity contribution in [2.75, 3.05) is 5.32 Å². The summed E-state index contributed by atoms with van der Waals surface area (Å²) in [6, 6.07) is 7.29. The molecular formula is C12H8BrClN2O. The molecule has 1 amide bonds. The predicted octanol–water partition coefficient (Wildman–Crippen LogP) is 3.52. The fraction of sp³-hybridized carbons (Fsp3) is 0.0833. The SMILES string of the molecule is O=C1Nc2ccc(Cl)cc2Cn2cc(Br)cc21. The lowest BCUT2D eigenvalue weighted by atomic mass is 10.2. The first kappa shape index (κ1) is 10.9. The molecule has 0 unspecified atom stereocenters. The van der Waals surface area contributed by atoms with Crippen LogP contribution in [-0.2, 0) is 6.54 Å². The van der Waals surface area contributed by atoms with Gasteiger partial charge in [0, 0.05) is 27.9 Å². The molecule has 0 radical (unpaired) electrons. The van der Waals surface area contributed by atoms with Gasteiger partial charge < -0.3 is 9.88 Å². The molecule has 0 fully saturated rings. The summed E-state index contributed by atoms with van der Waals surface area (Å²) in [5.74, 6) is -0.100. The number of rotatable bonds is 0. The molecule has 3 nitrogen and oxygen atoms in total. The third-order valence-electron chi connectivity index (χ3n) is 2.75. The summed E-state index contributed by atoms with van der Waals surface area (Å²) >= 11 is 9.34. The molecule has 0 atom stereocenters. The van der Waals surface area contributed by atoms with E-state index in [0.29, 0.717) is 17.3 Å². The van der Waals surface area contributed by atoms with E-state index in [4.69, 9.17) is 11.6 Å². The molecule has 0 aliphatic carbocycles. The number of amides is 1. The predicted molar refractivity (Wildman–Crippen MR) is 70.6 cm³/mol. The van der Waals surface area contributed by atoms with E-state index in [-0.39, 0.29) is 5.91 Å². The van der Waals surface area contributed by atoms with E-state index >= 15 is 0 Å². The number of hydrogen-bond donors (Lipinski definition) is 1. The molecular weight excluding hydrogens is 304 g/mol. The molecule has 0 saturated carbocycles. The summed E-state index contributed by atoms with van der Waals surface area (Å²) in [5.41, 5.74) is 2.47. The van der Waals surface area contributed by atoms with Crippen molar-refractivity contribution in [3.05, 3.63) is 51.2 Å². The zero-order chi connectivity index (χ0) is 12.0. The fourth-order valence-corrected chi connectivity index (χ4v) is 2.64. The van der Waals surface area contributed by atoms with Crippen LogP contribution in [0.3, 0.4) is 0 Å². The van der Waals surface area contributed by atoms with Gasteiger partial charge in [0.15, 0.2) is 0 Å². The number of hydrogen-bond acceptors (Lipinski definition) is 1. The molecule has 0 bridgehead atoms. The average Bonchev–Trinajstić information content (AvgIpc) is 2.58. The van der Waals surface area contributed by atoms with Crippen LogP contribution in [0.2, 0.25) is 5.02 Å². The lowest BCUT2D eigenvalue weighted by Gasteiger charge is -2.06. The number of benzene rings is 1. The van der Waals surface area contributed by atoms with E-state index in [1.54, 1.807) is 6.07 Å². The first-order valence-corrected chi connectivity index (χ1v) is 6.26. The maximum Gasteiger partial charge on any atom is 0.272 e. The molecule has 1 aromatic heterocycles. The van der Waals surface area contributed by atoms with E-state index in [0.717, 1.165) is 15.7 Å². The van der Waals surface area contributed by atoms with Gasteiger partial charge in [0.2, 0.25) is 0 Å². The van der Waals surface area contributed by atoms with Crippen LogP contribution >= 0.6 is 27.5 Å². The quantitative estimate of drug-likeness (QED) is 0.793. The summed E-state index contributed by atoms with van der Waals surface area (Å²) in [6.45, 7) is 0.634. The van der Waals surface area contributed by atoms with Gasteiger partial charge in [-0.25, -0.2) is 0 Å². The number of nitrogens with zero attached hydrogens (tertiary/aromatic N) is 1. The Hall–Kier alpha value is -1.26. The lowest BCUT2D eigenvalue weighted by molar-refractivity contribution is 0.102. The summed E-state index contributed by atoms with van der Waals surface area (Å²) in [7, 11) is 0. The van der Waals surface area contributed by atoms with Crippen LogP contribution in [0.15, 0.2) is 34.9 Å². The highest BCUT2D eigenvalue weighted by Gasteiger charge is 2.19. The monoisotopic (exact) mass is 310 g/mol. The molecule has 1 aliphatic heterocycles. The van der Waals surface area contributed by atoms with E-state index < -0.39 is 0 Å². The van der Waals surface area contributed by atoms with Crippen molar-refractivity contribution in [1.29, 1.82) is 0 Å². The minimum atomic E-state index is -0.100. The van der Waals surface area contributed by atoms with Crippen molar-refractivity contribution in [2.45, 2.75) is 6.54 Å². The third-order valence-corrected chi connectivity index (χ3v) is 3.42. The molecule has 3 rings (SSSR count). The highest BCUT2D eigenvalue weighted by Crippen LogP contribution is 2.27. The van der Waals surface area contributed by atoms with Gasteiger partial charge in [-0.05, 0) is 45.8 Å². The Kier molecular flexibility index (Phi) is 2.49. The molecule has 2 heterocycles. The Labute approximate surface area is 112 Å². The lowest BCUT2D eigenvalue weighted by Crippen LogP contribution is -2.12. The minimum absolute atomic E-state index is 0.100. The maximum absolute atomic E-state index is 12.0. The van der Waals surface area contributed by atoms with Crippen molar-refractivity contribution in [1.82, 2.24) is 4.57 Å². The van der Waals surface area contributed by atoms with Crippen molar-refractivity contribution >= 4 is 39.1 Å². The fourth-order valence-electron chi connectivity index (χ4n) is 1.98. The first-order valence-electron chi connectivity index (χ1n) is 5.09. The average molecular weight is 312 g/mol. The second-order valence-electron chi connectivity index (χ2n) is 3.93. The van der Waals surface area contributed by atoms with Crippen LogP contribution < -0.4 is 5.32 Å². The zero-order valence-electron chi connectivity index (χ0n) is 8.71. The molecule has 0 saturated heterocycles. The Balaban J connectivity index is 2.16. The summed E-state index contributed by atoms with van der Waals surface area (Å²) in [6.07, 6.45) is 1.89. The van der Waals surface area contributed by atoms with Gasteiger partial charge in [0.05, 0.1) is 0 Å². The smallest absolute Gasteiger partial charge is 0.272 e. The van der Waals surface area contributed by atoms with Crippen molar-refractivity contribution < 1.29 is 4.79 Å². The van der Waals surface area contributed by atoms with Gasteiger partial charge in [-0.2, -0.15) is 0 Å². The standard InChI is InChI=1S/C12H8BrClN2O/c13-8-4-11-12(17)15-10-2-1-9(14)3-7(10)5-16(11)6-8/h1-4,6H,5H2,(H,15,17). The first-order chi connectivity index (χ1) is 8.13. The number of carbonyl (C=O) groups is 1. The molecule has 2 aromatic rings. The second kappa shape index (κ2) is 3.89. The third kappa shape index (κ3) is 1.87. The van der Waals surface area contributed by atoms with Crippen molar-refractivity contribution in [2.24, 2.45) is 0 Å². The number of fused-ring (bicyclic) bond motifs is 2. The minimum Gasteiger partial charge on any atom is -0.338 e. The molecule has 1 aliphatic rings. The van der Waals surface area contributed by atoms with Crippen molar-refractivity contribution in [3.63, 3.8) is 0 Å². The number of carbonyl (C=O) groups excluding carboxylic acids is 1.